The van der Waals surface area contributed by atoms with Gasteiger partial charge in [-0.2, -0.15) is 0 Å². The van der Waals surface area contributed by atoms with E-state index in [0.717, 1.165) is 41.8 Å². The van der Waals surface area contributed by atoms with Gasteiger partial charge in [0.05, 0.1) is 25.2 Å². The Kier molecular flexibility index (Phi) is 7.85. The Morgan fingerprint density at radius 2 is 1.78 bits per heavy atom. The molecule has 1 fully saturated rings. The molecule has 6 nitrogen and oxygen atoms in total. The van der Waals surface area contributed by atoms with Gasteiger partial charge in [0.2, 0.25) is 0 Å². The minimum absolute atomic E-state index is 0.00242. The number of likely N-dealkylation sites (tertiary alicyclic amines) is 1. The van der Waals surface area contributed by atoms with Crippen LogP contribution in [0.4, 0.5) is 5.82 Å². The standard InChI is InChI=1S/C25H31N5OS/c31-24(26-14-7-17-30-15-5-1-2-6-16-30)20-12-10-19(11-13-20)18-27-23-21-8-3-4-9-22(21)28-25(32)29-23/h3-4,8-13H,1-2,5-7,14-18H2,(H,26,31)(H2,27,28,29,32)/p+1. The number of benzene rings is 2. The Hall–Kier alpha value is -2.77. The predicted molar refractivity (Wildman–Crippen MR) is 132 cm³/mol. The molecule has 0 unspecified atom stereocenters. The molecule has 0 atom stereocenters. The largest absolute Gasteiger partial charge is 0.365 e. The second-order valence-corrected chi connectivity index (χ2v) is 8.90. The molecule has 4 N–H and O–H groups in total. The van der Waals surface area contributed by atoms with Gasteiger partial charge in [-0.05, 0) is 67.7 Å². The molecule has 32 heavy (non-hydrogen) atoms. The Bertz CT molecular complexity index is 1090. The van der Waals surface area contributed by atoms with Gasteiger partial charge in [-0.1, -0.05) is 24.3 Å². The van der Waals surface area contributed by atoms with Crippen molar-refractivity contribution in [1.29, 1.82) is 0 Å². The molecule has 0 saturated carbocycles. The molecule has 168 valence electrons. The first-order valence-electron chi connectivity index (χ1n) is 11.6. The maximum absolute atomic E-state index is 12.5. The third kappa shape index (κ3) is 6.14. The van der Waals surface area contributed by atoms with Crippen molar-refractivity contribution in [2.45, 2.75) is 38.6 Å². The zero-order chi connectivity index (χ0) is 22.2. The summed E-state index contributed by atoms with van der Waals surface area (Å²) in [6, 6.07) is 15.7. The van der Waals surface area contributed by atoms with Crippen molar-refractivity contribution in [3.8, 4) is 0 Å². The number of anilines is 1. The van der Waals surface area contributed by atoms with Crippen LogP contribution in [0.1, 0.15) is 48.0 Å². The van der Waals surface area contributed by atoms with Gasteiger partial charge in [0.1, 0.15) is 5.82 Å². The number of hydrogen-bond acceptors (Lipinski definition) is 4. The van der Waals surface area contributed by atoms with Gasteiger partial charge in [-0.3, -0.25) is 4.79 Å². The van der Waals surface area contributed by atoms with Crippen LogP contribution in [0.2, 0.25) is 0 Å². The number of carbonyl (C=O) groups excluding carboxylic acids is 1. The number of aromatic amines is 1. The van der Waals surface area contributed by atoms with E-state index in [0.29, 0.717) is 16.9 Å². The number of nitrogens with one attached hydrogen (secondary N) is 4. The Morgan fingerprint density at radius 3 is 2.56 bits per heavy atom. The van der Waals surface area contributed by atoms with Crippen molar-refractivity contribution >= 4 is 34.8 Å². The van der Waals surface area contributed by atoms with Gasteiger partial charge < -0.3 is 20.5 Å². The first-order chi connectivity index (χ1) is 15.7. The van der Waals surface area contributed by atoms with Crippen LogP contribution >= 0.6 is 12.2 Å². The summed E-state index contributed by atoms with van der Waals surface area (Å²) in [7, 11) is 0. The quantitative estimate of drug-likeness (QED) is 0.313. The average molecular weight is 451 g/mol. The number of quaternary nitrogens is 1. The van der Waals surface area contributed by atoms with Crippen LogP contribution in [0.3, 0.4) is 0 Å². The van der Waals surface area contributed by atoms with Gasteiger partial charge >= 0.3 is 0 Å². The SMILES string of the molecule is O=C(NCCC[NH+]1CCCCCC1)c1ccc(CNc2nc(=S)[nH]c3ccccc23)cc1. The van der Waals surface area contributed by atoms with E-state index < -0.39 is 0 Å². The van der Waals surface area contributed by atoms with Crippen LogP contribution in [0, 0.1) is 4.77 Å². The molecule has 0 aliphatic carbocycles. The molecule has 1 saturated heterocycles. The maximum Gasteiger partial charge on any atom is 0.251 e. The summed E-state index contributed by atoms with van der Waals surface area (Å²) in [5.74, 6) is 0.759. The Labute approximate surface area is 194 Å². The highest BCUT2D eigenvalue weighted by Gasteiger charge is 2.12. The van der Waals surface area contributed by atoms with Crippen LogP contribution in [-0.4, -0.2) is 42.1 Å². The van der Waals surface area contributed by atoms with E-state index in [4.69, 9.17) is 12.2 Å². The summed E-state index contributed by atoms with van der Waals surface area (Å²) in [5, 5.41) is 7.43. The number of fused-ring (bicyclic) bond motifs is 1. The number of aromatic nitrogens is 2. The molecule has 0 spiro atoms. The van der Waals surface area contributed by atoms with E-state index >= 15 is 0 Å². The Morgan fingerprint density at radius 1 is 1.03 bits per heavy atom. The summed E-state index contributed by atoms with van der Waals surface area (Å²) < 4.78 is 0.454. The van der Waals surface area contributed by atoms with Crippen molar-refractivity contribution in [3.63, 3.8) is 0 Å². The van der Waals surface area contributed by atoms with Gasteiger partial charge in [0.25, 0.3) is 5.91 Å². The fraction of sp³-hybridized carbons (Fsp3) is 0.400. The summed E-state index contributed by atoms with van der Waals surface area (Å²) in [6.45, 7) is 5.06. The van der Waals surface area contributed by atoms with E-state index in [-0.39, 0.29) is 5.91 Å². The molecular formula is C25H32N5OS+. The first kappa shape index (κ1) is 22.4. The van der Waals surface area contributed by atoms with Crippen molar-refractivity contribution < 1.29 is 9.69 Å². The Balaban J connectivity index is 1.26. The van der Waals surface area contributed by atoms with Crippen LogP contribution in [0.5, 0.6) is 0 Å². The van der Waals surface area contributed by atoms with Crippen LogP contribution in [-0.2, 0) is 6.54 Å². The van der Waals surface area contributed by atoms with Gasteiger partial charge in [0, 0.05) is 30.5 Å². The molecular weight excluding hydrogens is 418 g/mol. The van der Waals surface area contributed by atoms with E-state index in [1.54, 1.807) is 4.90 Å². The first-order valence-corrected chi connectivity index (χ1v) is 12.0. The second-order valence-electron chi connectivity index (χ2n) is 8.51. The molecule has 0 bridgehead atoms. The number of rotatable bonds is 8. The normalized spacial score (nSPS) is 14.8. The van der Waals surface area contributed by atoms with Crippen LogP contribution < -0.4 is 15.5 Å². The fourth-order valence-corrected chi connectivity index (χ4v) is 4.52. The number of H-pyrrole nitrogens is 1. The van der Waals surface area contributed by atoms with Gasteiger partial charge in [0.15, 0.2) is 4.77 Å². The summed E-state index contributed by atoms with van der Waals surface area (Å²) in [5.41, 5.74) is 2.73. The highest BCUT2D eigenvalue weighted by atomic mass is 32.1. The van der Waals surface area contributed by atoms with Crippen molar-refractivity contribution in [2.24, 2.45) is 0 Å². The molecule has 7 heteroatoms. The van der Waals surface area contributed by atoms with Crippen molar-refractivity contribution in [3.05, 3.63) is 64.4 Å². The zero-order valence-corrected chi connectivity index (χ0v) is 19.3. The zero-order valence-electron chi connectivity index (χ0n) is 18.5. The molecule has 2 heterocycles. The molecule has 4 rings (SSSR count). The van der Waals surface area contributed by atoms with Gasteiger partial charge in [-0.25, -0.2) is 4.98 Å². The molecule has 1 amide bonds. The molecule has 1 aliphatic heterocycles. The second kappa shape index (κ2) is 11.2. The fourth-order valence-electron chi connectivity index (χ4n) is 4.32. The lowest BCUT2D eigenvalue weighted by atomic mass is 10.1. The third-order valence-corrected chi connectivity index (χ3v) is 6.31. The van der Waals surface area contributed by atoms with Crippen molar-refractivity contribution in [1.82, 2.24) is 15.3 Å². The predicted octanol–water partition coefficient (Wildman–Crippen LogP) is 3.48. The number of para-hydroxylation sites is 1. The minimum atomic E-state index is -0.00242. The lowest BCUT2D eigenvalue weighted by Gasteiger charge is -2.16. The summed E-state index contributed by atoms with van der Waals surface area (Å²) in [6.07, 6.45) is 6.46. The number of nitrogens with zero attached hydrogens (tertiary/aromatic N) is 1. The number of carbonyl (C=O) groups is 1. The molecule has 3 aromatic rings. The molecule has 2 aromatic carbocycles. The van der Waals surface area contributed by atoms with E-state index in [1.165, 1.54) is 38.8 Å². The maximum atomic E-state index is 12.5. The smallest absolute Gasteiger partial charge is 0.251 e. The topological polar surface area (TPSA) is 74.2 Å². The van der Waals surface area contributed by atoms with Crippen molar-refractivity contribution in [2.75, 3.05) is 31.5 Å². The lowest BCUT2D eigenvalue weighted by molar-refractivity contribution is -0.899. The average Bonchev–Trinajstić information content (AvgIpc) is 3.09. The lowest BCUT2D eigenvalue weighted by Crippen LogP contribution is -3.11. The number of amides is 1. The highest BCUT2D eigenvalue weighted by Crippen LogP contribution is 2.19. The summed E-state index contributed by atoms with van der Waals surface area (Å²) >= 11 is 5.24. The molecule has 1 aliphatic rings. The molecule has 0 radical (unpaired) electrons. The monoisotopic (exact) mass is 450 g/mol. The van der Waals surface area contributed by atoms with Crippen LogP contribution in [0.25, 0.3) is 10.9 Å². The van der Waals surface area contributed by atoms with E-state index in [1.807, 2.05) is 48.5 Å². The van der Waals surface area contributed by atoms with Crippen LogP contribution in [0.15, 0.2) is 48.5 Å². The highest BCUT2D eigenvalue weighted by molar-refractivity contribution is 7.71. The van der Waals surface area contributed by atoms with E-state index in [9.17, 15) is 4.79 Å². The third-order valence-electron chi connectivity index (χ3n) is 6.12. The van der Waals surface area contributed by atoms with Gasteiger partial charge in [-0.15, -0.1) is 0 Å². The van der Waals surface area contributed by atoms with E-state index in [2.05, 4.69) is 20.6 Å². The minimum Gasteiger partial charge on any atom is -0.365 e. The summed E-state index contributed by atoms with van der Waals surface area (Å²) in [4.78, 5) is 21.7. The molecule has 1 aromatic heterocycles. The number of hydrogen-bond donors (Lipinski definition) is 4.